The van der Waals surface area contributed by atoms with E-state index in [1.54, 1.807) is 6.26 Å². The van der Waals surface area contributed by atoms with Gasteiger partial charge in [-0.3, -0.25) is 0 Å². The van der Waals surface area contributed by atoms with Crippen molar-refractivity contribution in [1.29, 1.82) is 0 Å². The van der Waals surface area contributed by atoms with Gasteiger partial charge in [0.15, 0.2) is 4.67 Å². The summed E-state index contributed by atoms with van der Waals surface area (Å²) in [7, 11) is 0. The fourth-order valence-corrected chi connectivity index (χ4v) is 1.93. The summed E-state index contributed by atoms with van der Waals surface area (Å²) >= 11 is 3.27. The van der Waals surface area contributed by atoms with Gasteiger partial charge in [-0.05, 0) is 40.8 Å². The first-order chi connectivity index (χ1) is 5.77. The highest BCUT2D eigenvalue weighted by atomic mass is 79.9. The van der Waals surface area contributed by atoms with Crippen LogP contribution < -0.4 is 5.73 Å². The average Bonchev–Trinajstić information content (AvgIpc) is 2.31. The molecule has 1 unspecified atom stereocenters. The molecule has 0 saturated heterocycles. The van der Waals surface area contributed by atoms with Crippen LogP contribution in [0.25, 0.3) is 0 Å². The zero-order chi connectivity index (χ0) is 8.55. The highest BCUT2D eigenvalue weighted by Gasteiger charge is 2.26. The van der Waals surface area contributed by atoms with Crippen LogP contribution in [0, 0.1) is 5.92 Å². The van der Waals surface area contributed by atoms with E-state index in [2.05, 4.69) is 15.9 Å². The second-order valence-corrected chi connectivity index (χ2v) is 4.18. The Kier molecular flexibility index (Phi) is 2.24. The van der Waals surface area contributed by atoms with Gasteiger partial charge in [0.25, 0.3) is 0 Å². The van der Waals surface area contributed by atoms with Crippen molar-refractivity contribution in [1.82, 2.24) is 0 Å². The summed E-state index contributed by atoms with van der Waals surface area (Å²) in [5.74, 6) is 0.675. The molecule has 2 nitrogen and oxygen atoms in total. The summed E-state index contributed by atoms with van der Waals surface area (Å²) in [6, 6.07) is 2.14. The third-order valence-corrected chi connectivity index (χ3v) is 3.05. The van der Waals surface area contributed by atoms with E-state index in [9.17, 15) is 0 Å². The topological polar surface area (TPSA) is 39.2 Å². The fourth-order valence-electron chi connectivity index (χ4n) is 1.57. The Morgan fingerprint density at radius 3 is 2.75 bits per heavy atom. The molecule has 1 saturated carbocycles. The van der Waals surface area contributed by atoms with E-state index in [-0.39, 0.29) is 6.04 Å². The zero-order valence-corrected chi connectivity index (χ0v) is 8.38. The number of halogens is 1. The number of nitrogens with two attached hydrogens (primary N) is 1. The van der Waals surface area contributed by atoms with E-state index < -0.39 is 0 Å². The summed E-state index contributed by atoms with van der Waals surface area (Å²) < 4.78 is 5.91. The summed E-state index contributed by atoms with van der Waals surface area (Å²) in [6.45, 7) is 0. The van der Waals surface area contributed by atoms with E-state index in [1.807, 2.05) is 6.07 Å². The molecule has 66 valence electrons. The van der Waals surface area contributed by atoms with Crippen molar-refractivity contribution < 1.29 is 4.42 Å². The molecule has 0 amide bonds. The van der Waals surface area contributed by atoms with E-state index in [1.165, 1.54) is 19.3 Å². The first kappa shape index (κ1) is 8.32. The predicted molar refractivity (Wildman–Crippen MR) is 50.7 cm³/mol. The maximum Gasteiger partial charge on any atom is 0.169 e. The largest absolute Gasteiger partial charge is 0.457 e. The average molecular weight is 230 g/mol. The Labute approximate surface area is 80.3 Å². The summed E-state index contributed by atoms with van der Waals surface area (Å²) in [4.78, 5) is 0. The maximum absolute atomic E-state index is 6.03. The van der Waals surface area contributed by atoms with Crippen LogP contribution >= 0.6 is 15.9 Å². The monoisotopic (exact) mass is 229 g/mol. The van der Waals surface area contributed by atoms with Crippen LogP contribution in [-0.4, -0.2) is 0 Å². The minimum atomic E-state index is 0.175. The second kappa shape index (κ2) is 3.23. The van der Waals surface area contributed by atoms with Gasteiger partial charge in [0.1, 0.15) is 0 Å². The van der Waals surface area contributed by atoms with Gasteiger partial charge in [0.2, 0.25) is 0 Å². The first-order valence-corrected chi connectivity index (χ1v) is 5.06. The second-order valence-electron chi connectivity index (χ2n) is 3.40. The van der Waals surface area contributed by atoms with Crippen LogP contribution in [0.5, 0.6) is 0 Å². The summed E-state index contributed by atoms with van der Waals surface area (Å²) in [6.07, 6.45) is 5.61. The van der Waals surface area contributed by atoms with E-state index >= 15 is 0 Å². The Balaban J connectivity index is 2.08. The molecule has 0 aromatic carbocycles. The number of furan rings is 1. The number of hydrogen-bond acceptors (Lipinski definition) is 2. The minimum Gasteiger partial charge on any atom is -0.457 e. The normalized spacial score (nSPS) is 20.5. The molecule has 2 N–H and O–H groups in total. The van der Waals surface area contributed by atoms with Crippen molar-refractivity contribution in [2.75, 3.05) is 0 Å². The molecule has 1 fully saturated rings. The van der Waals surface area contributed by atoms with Crippen LogP contribution in [0.1, 0.15) is 30.9 Å². The Morgan fingerprint density at radius 1 is 1.58 bits per heavy atom. The molecule has 0 spiro atoms. The standard InChI is InChI=1S/C9H12BrNO/c10-8-4-7(5-12-8)9(11)6-2-1-3-6/h4-6,9H,1-3,11H2. The Hall–Kier alpha value is -0.280. The molecule has 1 heterocycles. The summed E-state index contributed by atoms with van der Waals surface area (Å²) in [5.41, 5.74) is 7.15. The van der Waals surface area contributed by atoms with Crippen molar-refractivity contribution in [3.05, 3.63) is 22.6 Å². The van der Waals surface area contributed by atoms with Crippen LogP contribution in [0.4, 0.5) is 0 Å². The van der Waals surface area contributed by atoms with Gasteiger partial charge in [0, 0.05) is 11.6 Å². The van der Waals surface area contributed by atoms with Gasteiger partial charge in [-0.2, -0.15) is 0 Å². The van der Waals surface area contributed by atoms with Gasteiger partial charge < -0.3 is 10.2 Å². The lowest BCUT2D eigenvalue weighted by Gasteiger charge is -2.30. The predicted octanol–water partition coefficient (Wildman–Crippen LogP) is 2.84. The summed E-state index contributed by atoms with van der Waals surface area (Å²) in [5, 5.41) is 0. The van der Waals surface area contributed by atoms with Gasteiger partial charge in [-0.25, -0.2) is 0 Å². The van der Waals surface area contributed by atoms with Crippen LogP contribution in [-0.2, 0) is 0 Å². The van der Waals surface area contributed by atoms with Gasteiger partial charge in [-0.15, -0.1) is 0 Å². The highest BCUT2D eigenvalue weighted by molar-refractivity contribution is 9.10. The molecule has 0 radical (unpaired) electrons. The van der Waals surface area contributed by atoms with Crippen LogP contribution in [0.2, 0.25) is 0 Å². The first-order valence-electron chi connectivity index (χ1n) is 4.27. The molecule has 1 aliphatic rings. The van der Waals surface area contributed by atoms with E-state index in [0.717, 1.165) is 10.2 Å². The SMILES string of the molecule is NC(c1coc(Br)c1)C1CCC1. The quantitative estimate of drug-likeness (QED) is 0.848. The molecule has 2 rings (SSSR count). The van der Waals surface area contributed by atoms with Gasteiger partial charge in [-0.1, -0.05) is 6.42 Å². The van der Waals surface area contributed by atoms with Crippen LogP contribution in [0.15, 0.2) is 21.4 Å². The minimum absolute atomic E-state index is 0.175. The highest BCUT2D eigenvalue weighted by Crippen LogP contribution is 2.36. The molecular weight excluding hydrogens is 218 g/mol. The maximum atomic E-state index is 6.03. The number of hydrogen-bond donors (Lipinski definition) is 1. The lowest BCUT2D eigenvalue weighted by atomic mass is 9.78. The van der Waals surface area contributed by atoms with Crippen molar-refractivity contribution in [3.8, 4) is 0 Å². The molecular formula is C9H12BrNO. The van der Waals surface area contributed by atoms with Crippen molar-refractivity contribution in [2.45, 2.75) is 25.3 Å². The molecule has 0 aliphatic heterocycles. The lowest BCUT2D eigenvalue weighted by Crippen LogP contribution is -2.26. The van der Waals surface area contributed by atoms with E-state index in [0.29, 0.717) is 5.92 Å². The third-order valence-electron chi connectivity index (χ3n) is 2.63. The molecule has 3 heteroatoms. The Morgan fingerprint density at radius 2 is 2.33 bits per heavy atom. The molecule has 1 aliphatic carbocycles. The number of rotatable bonds is 2. The molecule has 1 aromatic rings. The molecule has 0 bridgehead atoms. The van der Waals surface area contributed by atoms with Crippen molar-refractivity contribution >= 4 is 15.9 Å². The zero-order valence-electron chi connectivity index (χ0n) is 6.79. The van der Waals surface area contributed by atoms with Gasteiger partial charge in [0.05, 0.1) is 6.26 Å². The smallest absolute Gasteiger partial charge is 0.169 e. The van der Waals surface area contributed by atoms with Gasteiger partial charge >= 0.3 is 0 Å². The lowest BCUT2D eigenvalue weighted by molar-refractivity contribution is 0.263. The van der Waals surface area contributed by atoms with Crippen LogP contribution in [0.3, 0.4) is 0 Å². The van der Waals surface area contributed by atoms with Crippen molar-refractivity contribution in [3.63, 3.8) is 0 Å². The third kappa shape index (κ3) is 1.43. The fraction of sp³-hybridized carbons (Fsp3) is 0.556. The Bertz CT molecular complexity index is 267. The van der Waals surface area contributed by atoms with E-state index in [4.69, 9.17) is 10.2 Å². The molecule has 12 heavy (non-hydrogen) atoms. The molecule has 1 atom stereocenters. The van der Waals surface area contributed by atoms with Crippen molar-refractivity contribution in [2.24, 2.45) is 11.7 Å². The molecule has 1 aromatic heterocycles.